The molecule has 132 valence electrons. The Bertz CT molecular complexity index is 506. The number of aromatic nitrogens is 1. The Kier molecular flexibility index (Phi) is 7.94. The van der Waals surface area contributed by atoms with Crippen LogP contribution < -0.4 is 11.1 Å². The number of amides is 1. The number of hydrogen-bond donors (Lipinski definition) is 2. The second kappa shape index (κ2) is 8.97. The van der Waals surface area contributed by atoms with E-state index in [0.717, 1.165) is 37.7 Å². The summed E-state index contributed by atoms with van der Waals surface area (Å²) in [5, 5.41) is 5.54. The number of halogens is 1. The lowest BCUT2D eigenvalue weighted by atomic mass is 9.97. The molecule has 1 aliphatic rings. The molecule has 1 aromatic rings. The van der Waals surface area contributed by atoms with Crippen molar-refractivity contribution in [3.05, 3.63) is 11.1 Å². The number of anilines is 1. The average molecular weight is 361 g/mol. The molecule has 1 amide bonds. The molecule has 0 spiro atoms. The summed E-state index contributed by atoms with van der Waals surface area (Å²) in [6.45, 7) is 9.24. The van der Waals surface area contributed by atoms with E-state index < -0.39 is 5.54 Å². The minimum atomic E-state index is -0.830. The predicted molar refractivity (Wildman–Crippen MR) is 99.2 cm³/mol. The van der Waals surface area contributed by atoms with Gasteiger partial charge >= 0.3 is 0 Å². The zero-order valence-electron chi connectivity index (χ0n) is 14.3. The molecule has 5 nitrogen and oxygen atoms in total. The van der Waals surface area contributed by atoms with Crippen LogP contribution >= 0.6 is 23.7 Å². The van der Waals surface area contributed by atoms with Gasteiger partial charge in [0.1, 0.15) is 0 Å². The Morgan fingerprint density at radius 1 is 1.61 bits per heavy atom. The van der Waals surface area contributed by atoms with Gasteiger partial charge < -0.3 is 11.1 Å². The monoisotopic (exact) mass is 360 g/mol. The highest BCUT2D eigenvalue weighted by Crippen LogP contribution is 2.22. The summed E-state index contributed by atoms with van der Waals surface area (Å²) in [4.78, 5) is 19.2. The van der Waals surface area contributed by atoms with Crippen LogP contribution in [-0.4, -0.2) is 34.4 Å². The Morgan fingerprint density at radius 2 is 2.35 bits per heavy atom. The Morgan fingerprint density at radius 3 is 3.00 bits per heavy atom. The van der Waals surface area contributed by atoms with Crippen molar-refractivity contribution < 1.29 is 4.79 Å². The maximum Gasteiger partial charge on any atom is 0.245 e. The molecule has 23 heavy (non-hydrogen) atoms. The van der Waals surface area contributed by atoms with Gasteiger partial charge in [-0.3, -0.25) is 9.69 Å². The van der Waals surface area contributed by atoms with E-state index in [0.29, 0.717) is 11.6 Å². The summed E-state index contributed by atoms with van der Waals surface area (Å²) in [5.74, 6) is 0.611. The molecule has 3 N–H and O–H groups in total. The molecule has 2 rings (SSSR count). The van der Waals surface area contributed by atoms with Gasteiger partial charge in [-0.1, -0.05) is 20.3 Å². The van der Waals surface area contributed by atoms with E-state index in [4.69, 9.17) is 5.73 Å². The first-order chi connectivity index (χ1) is 10.4. The standard InChI is InChI=1S/C16H28N4OS.ClH/c1-4-7-16(3,17)14(21)19-15-18-13(11-22-15)10-20-8-5-6-12(2)9-20;/h11-12H,4-10,17H2,1-3H3,(H,18,19,21);1H. The third-order valence-electron chi connectivity index (χ3n) is 4.19. The van der Waals surface area contributed by atoms with Crippen LogP contribution in [-0.2, 0) is 11.3 Å². The maximum atomic E-state index is 12.2. The van der Waals surface area contributed by atoms with Crippen LogP contribution in [0.1, 0.15) is 52.1 Å². The molecule has 0 radical (unpaired) electrons. The van der Waals surface area contributed by atoms with Crippen molar-refractivity contribution in [2.75, 3.05) is 18.4 Å². The fraction of sp³-hybridized carbons (Fsp3) is 0.750. The van der Waals surface area contributed by atoms with Crippen molar-refractivity contribution in [3.63, 3.8) is 0 Å². The third kappa shape index (κ3) is 6.03. The Labute approximate surface area is 149 Å². The number of carbonyl (C=O) groups excluding carboxylic acids is 1. The van der Waals surface area contributed by atoms with Crippen molar-refractivity contribution >= 4 is 34.8 Å². The van der Waals surface area contributed by atoms with E-state index >= 15 is 0 Å². The third-order valence-corrected chi connectivity index (χ3v) is 4.99. The van der Waals surface area contributed by atoms with Crippen LogP contribution in [0.2, 0.25) is 0 Å². The van der Waals surface area contributed by atoms with Crippen molar-refractivity contribution in [1.82, 2.24) is 9.88 Å². The molecule has 1 fully saturated rings. The van der Waals surface area contributed by atoms with Crippen LogP contribution in [0.3, 0.4) is 0 Å². The number of nitrogens with one attached hydrogen (secondary N) is 1. The highest BCUT2D eigenvalue weighted by atomic mass is 35.5. The first kappa shape index (κ1) is 20.4. The zero-order chi connectivity index (χ0) is 16.2. The fourth-order valence-corrected chi connectivity index (χ4v) is 3.67. The first-order valence-electron chi connectivity index (χ1n) is 8.18. The molecule has 1 saturated heterocycles. The summed E-state index contributed by atoms with van der Waals surface area (Å²) in [6.07, 6.45) is 4.14. The van der Waals surface area contributed by atoms with E-state index in [9.17, 15) is 4.79 Å². The fourth-order valence-electron chi connectivity index (χ4n) is 2.97. The molecule has 1 aliphatic heterocycles. The summed E-state index contributed by atoms with van der Waals surface area (Å²) >= 11 is 1.48. The number of piperidine rings is 1. The quantitative estimate of drug-likeness (QED) is 0.816. The molecule has 0 bridgehead atoms. The van der Waals surface area contributed by atoms with Gasteiger partial charge in [0.25, 0.3) is 0 Å². The van der Waals surface area contributed by atoms with E-state index in [-0.39, 0.29) is 18.3 Å². The lowest BCUT2D eigenvalue weighted by molar-refractivity contribution is -0.120. The Balaban J connectivity index is 0.00000264. The molecule has 2 atom stereocenters. The summed E-state index contributed by atoms with van der Waals surface area (Å²) in [6, 6.07) is 0. The number of nitrogens with zero attached hydrogens (tertiary/aromatic N) is 2. The highest BCUT2D eigenvalue weighted by molar-refractivity contribution is 7.13. The van der Waals surface area contributed by atoms with Crippen molar-refractivity contribution in [2.45, 2.75) is 58.5 Å². The number of carbonyl (C=O) groups is 1. The second-order valence-corrected chi connectivity index (χ2v) is 7.61. The Hall–Kier alpha value is -0.690. The molecule has 0 saturated carbocycles. The number of hydrogen-bond acceptors (Lipinski definition) is 5. The van der Waals surface area contributed by atoms with Crippen LogP contribution in [0.5, 0.6) is 0 Å². The van der Waals surface area contributed by atoms with E-state index in [1.54, 1.807) is 6.92 Å². The predicted octanol–water partition coefficient (Wildman–Crippen LogP) is 3.25. The number of thiazole rings is 1. The summed E-state index contributed by atoms with van der Waals surface area (Å²) in [5.41, 5.74) is 6.25. The average Bonchev–Trinajstić information content (AvgIpc) is 2.86. The van der Waals surface area contributed by atoms with Crippen molar-refractivity contribution in [3.8, 4) is 0 Å². The van der Waals surface area contributed by atoms with E-state index in [2.05, 4.69) is 22.1 Å². The highest BCUT2D eigenvalue weighted by Gasteiger charge is 2.28. The molecular weight excluding hydrogens is 332 g/mol. The number of nitrogens with two attached hydrogens (primary N) is 1. The molecule has 2 heterocycles. The SMILES string of the molecule is CCCC(C)(N)C(=O)Nc1nc(CN2CCCC(C)C2)cs1.Cl. The molecule has 0 aromatic carbocycles. The summed E-state index contributed by atoms with van der Waals surface area (Å²) in [7, 11) is 0. The topological polar surface area (TPSA) is 71.2 Å². The molecule has 7 heteroatoms. The second-order valence-electron chi connectivity index (χ2n) is 6.75. The zero-order valence-corrected chi connectivity index (χ0v) is 15.9. The van der Waals surface area contributed by atoms with Gasteiger partial charge in [-0.05, 0) is 38.6 Å². The molecule has 2 unspecified atom stereocenters. The van der Waals surface area contributed by atoms with E-state index in [1.165, 1.54) is 24.2 Å². The number of rotatable bonds is 6. The largest absolute Gasteiger partial charge is 0.318 e. The molecule has 1 aromatic heterocycles. The normalized spacial score (nSPS) is 21.3. The smallest absolute Gasteiger partial charge is 0.245 e. The number of likely N-dealkylation sites (tertiary alicyclic amines) is 1. The minimum absolute atomic E-state index is 0. The lowest BCUT2D eigenvalue weighted by Crippen LogP contribution is -2.48. The van der Waals surface area contributed by atoms with Gasteiger partial charge in [0.2, 0.25) is 5.91 Å². The van der Waals surface area contributed by atoms with Crippen LogP contribution in [0, 0.1) is 5.92 Å². The molecular formula is C16H29ClN4OS. The molecule has 0 aliphatic carbocycles. The summed E-state index contributed by atoms with van der Waals surface area (Å²) < 4.78 is 0. The lowest BCUT2D eigenvalue weighted by Gasteiger charge is -2.30. The van der Waals surface area contributed by atoms with Crippen molar-refractivity contribution in [1.29, 1.82) is 0 Å². The van der Waals surface area contributed by atoms with Gasteiger partial charge in [-0.25, -0.2) is 4.98 Å². The van der Waals surface area contributed by atoms with Gasteiger partial charge in [-0.2, -0.15) is 0 Å². The van der Waals surface area contributed by atoms with Gasteiger partial charge in [0, 0.05) is 18.5 Å². The van der Waals surface area contributed by atoms with Crippen molar-refractivity contribution in [2.24, 2.45) is 11.7 Å². The van der Waals surface area contributed by atoms with Gasteiger partial charge in [0.15, 0.2) is 5.13 Å². The first-order valence-corrected chi connectivity index (χ1v) is 9.05. The van der Waals surface area contributed by atoms with Crippen LogP contribution in [0.4, 0.5) is 5.13 Å². The van der Waals surface area contributed by atoms with Crippen LogP contribution in [0.15, 0.2) is 5.38 Å². The van der Waals surface area contributed by atoms with Gasteiger partial charge in [0.05, 0.1) is 11.2 Å². The van der Waals surface area contributed by atoms with Gasteiger partial charge in [-0.15, -0.1) is 23.7 Å². The van der Waals surface area contributed by atoms with Crippen LogP contribution in [0.25, 0.3) is 0 Å². The minimum Gasteiger partial charge on any atom is -0.318 e. The van der Waals surface area contributed by atoms with E-state index in [1.807, 2.05) is 12.3 Å². The maximum absolute atomic E-state index is 12.2.